The van der Waals surface area contributed by atoms with E-state index in [1.54, 1.807) is 6.07 Å². The van der Waals surface area contributed by atoms with Gasteiger partial charge in [-0.15, -0.1) is 0 Å². The molecule has 106 valence electrons. The van der Waals surface area contributed by atoms with Gasteiger partial charge in [-0.1, -0.05) is 43.7 Å². The van der Waals surface area contributed by atoms with E-state index < -0.39 is 10.0 Å². The molecule has 0 heterocycles. The lowest BCUT2D eigenvalue weighted by Gasteiger charge is -2.16. The van der Waals surface area contributed by atoms with Crippen LogP contribution in [0.2, 0.25) is 5.02 Å². The zero-order valence-corrected chi connectivity index (χ0v) is 13.2. The summed E-state index contributed by atoms with van der Waals surface area (Å²) in [6.45, 7) is 3.85. The number of nitrogens with one attached hydrogen (secondary N) is 1. The molecule has 0 atom stereocenters. The third-order valence-corrected chi connectivity index (χ3v) is 5.05. The topological polar surface area (TPSA) is 72.2 Å². The fourth-order valence-corrected chi connectivity index (χ4v) is 3.68. The molecular weight excluding hydrogens is 304 g/mol. The smallest absolute Gasteiger partial charge is 0.242 e. The Labute approximate surface area is 124 Å². The van der Waals surface area contributed by atoms with Crippen LogP contribution in [0.4, 0.5) is 0 Å². The summed E-state index contributed by atoms with van der Waals surface area (Å²) in [6.07, 6.45) is 1.44. The van der Waals surface area contributed by atoms with Gasteiger partial charge < -0.3 is 5.73 Å². The molecule has 1 aromatic carbocycles. The number of sulfonamides is 1. The lowest BCUT2D eigenvalue weighted by atomic mass is 10.2. The molecule has 0 fully saturated rings. The molecule has 0 aliphatic heterocycles. The van der Waals surface area contributed by atoms with E-state index in [1.807, 2.05) is 13.8 Å². The van der Waals surface area contributed by atoms with Crippen LogP contribution in [-0.4, -0.2) is 19.4 Å². The largest absolute Gasteiger partial charge is 0.389 e. The minimum Gasteiger partial charge on any atom is -0.389 e. The summed E-state index contributed by atoms with van der Waals surface area (Å²) in [5.41, 5.74) is 6.02. The molecule has 0 radical (unpaired) electrons. The predicted molar refractivity (Wildman–Crippen MR) is 82.0 cm³/mol. The summed E-state index contributed by atoms with van der Waals surface area (Å²) in [7, 11) is -3.62. The van der Waals surface area contributed by atoms with Gasteiger partial charge in [-0.05, 0) is 25.0 Å². The summed E-state index contributed by atoms with van der Waals surface area (Å²) in [6, 6.07) is 4.33. The van der Waals surface area contributed by atoms with Gasteiger partial charge in [0.2, 0.25) is 10.0 Å². The van der Waals surface area contributed by atoms with Crippen molar-refractivity contribution >= 4 is 38.8 Å². The van der Waals surface area contributed by atoms with E-state index in [9.17, 15) is 8.42 Å². The van der Waals surface area contributed by atoms with Crippen LogP contribution in [-0.2, 0) is 10.0 Å². The van der Waals surface area contributed by atoms with E-state index >= 15 is 0 Å². The highest BCUT2D eigenvalue weighted by Gasteiger charge is 2.21. The number of benzene rings is 1. The second-order valence-corrected chi connectivity index (χ2v) is 6.67. The molecule has 0 spiro atoms. The Balaban J connectivity index is 3.12. The zero-order valence-electron chi connectivity index (χ0n) is 10.8. The van der Waals surface area contributed by atoms with E-state index in [1.165, 1.54) is 12.1 Å². The molecule has 0 saturated heterocycles. The highest BCUT2D eigenvalue weighted by Crippen LogP contribution is 2.23. The number of rotatable bonds is 6. The molecule has 4 nitrogen and oxygen atoms in total. The van der Waals surface area contributed by atoms with Crippen molar-refractivity contribution in [3.8, 4) is 0 Å². The van der Waals surface area contributed by atoms with Crippen molar-refractivity contribution < 1.29 is 8.42 Å². The van der Waals surface area contributed by atoms with Crippen LogP contribution < -0.4 is 10.5 Å². The Morgan fingerprint density at radius 2 is 2.00 bits per heavy atom. The van der Waals surface area contributed by atoms with Crippen molar-refractivity contribution in [1.82, 2.24) is 4.72 Å². The van der Waals surface area contributed by atoms with Crippen LogP contribution in [0.5, 0.6) is 0 Å². The average molecular weight is 321 g/mol. The van der Waals surface area contributed by atoms with Gasteiger partial charge >= 0.3 is 0 Å². The van der Waals surface area contributed by atoms with E-state index in [0.29, 0.717) is 5.56 Å². The second kappa shape index (κ2) is 6.65. The fraction of sp³-hybridized carbons (Fsp3) is 0.417. The minimum atomic E-state index is -3.62. The van der Waals surface area contributed by atoms with Gasteiger partial charge in [-0.25, -0.2) is 13.1 Å². The Kier molecular flexibility index (Phi) is 5.73. The minimum absolute atomic E-state index is 0.0427. The maximum atomic E-state index is 12.2. The van der Waals surface area contributed by atoms with Gasteiger partial charge in [0.1, 0.15) is 9.88 Å². The average Bonchev–Trinajstić information content (AvgIpc) is 2.35. The van der Waals surface area contributed by atoms with Crippen LogP contribution >= 0.6 is 23.8 Å². The molecule has 0 bridgehead atoms. The molecule has 7 heteroatoms. The third-order valence-electron chi connectivity index (χ3n) is 2.81. The summed E-state index contributed by atoms with van der Waals surface area (Å²) in [4.78, 5) is 0.222. The first kappa shape index (κ1) is 16.4. The number of thiocarbonyl (C=S) groups is 1. The molecule has 1 aromatic rings. The van der Waals surface area contributed by atoms with Crippen LogP contribution in [0.3, 0.4) is 0 Å². The molecule has 0 saturated carbocycles. The lowest BCUT2D eigenvalue weighted by Crippen LogP contribution is -2.34. The summed E-state index contributed by atoms with van der Waals surface area (Å²) < 4.78 is 27.0. The zero-order chi connectivity index (χ0) is 14.6. The normalized spacial score (nSPS) is 11.8. The maximum Gasteiger partial charge on any atom is 0.242 e. The molecule has 0 aliphatic carbocycles. The Morgan fingerprint density at radius 3 is 2.42 bits per heavy atom. The summed E-state index contributed by atoms with van der Waals surface area (Å²) in [5.74, 6) is 0. The molecule has 0 unspecified atom stereocenters. The molecule has 19 heavy (non-hydrogen) atoms. The van der Waals surface area contributed by atoms with Crippen LogP contribution in [0, 0.1) is 0 Å². The molecule has 1 rings (SSSR count). The predicted octanol–water partition coefficient (Wildman–Crippen LogP) is 2.44. The number of nitrogens with two attached hydrogens (primary N) is 1. The molecule has 0 aromatic heterocycles. The van der Waals surface area contributed by atoms with Crippen molar-refractivity contribution in [2.75, 3.05) is 0 Å². The summed E-state index contributed by atoms with van der Waals surface area (Å²) >= 11 is 10.8. The van der Waals surface area contributed by atoms with E-state index in [2.05, 4.69) is 4.72 Å². The first-order valence-corrected chi connectivity index (χ1v) is 8.20. The summed E-state index contributed by atoms with van der Waals surface area (Å²) in [5, 5.41) is 0.115. The van der Waals surface area contributed by atoms with Gasteiger partial charge in [0.05, 0.1) is 5.02 Å². The van der Waals surface area contributed by atoms with Gasteiger partial charge in [0.15, 0.2) is 0 Å². The second-order valence-electron chi connectivity index (χ2n) is 4.14. The van der Waals surface area contributed by atoms with Crippen molar-refractivity contribution in [3.05, 3.63) is 28.8 Å². The highest BCUT2D eigenvalue weighted by atomic mass is 35.5. The quantitative estimate of drug-likeness (QED) is 0.790. The first-order valence-electron chi connectivity index (χ1n) is 5.93. The van der Waals surface area contributed by atoms with Crippen molar-refractivity contribution in [1.29, 1.82) is 0 Å². The molecular formula is C12H17ClN2O2S2. The standard InChI is InChI=1S/C12H17ClN2O2S2/c1-3-9(4-2)15-19(16,17)11-6-5-8(12(14)18)7-10(11)13/h5-7,9,15H,3-4H2,1-2H3,(H2,14,18). The van der Waals surface area contributed by atoms with E-state index in [-0.39, 0.29) is 20.9 Å². The van der Waals surface area contributed by atoms with E-state index in [0.717, 1.165) is 12.8 Å². The molecule has 0 aliphatic rings. The lowest BCUT2D eigenvalue weighted by molar-refractivity contribution is 0.530. The molecule has 0 amide bonds. The highest BCUT2D eigenvalue weighted by molar-refractivity contribution is 7.89. The van der Waals surface area contributed by atoms with Crippen molar-refractivity contribution in [2.24, 2.45) is 5.73 Å². The molecule has 3 N–H and O–H groups in total. The Morgan fingerprint density at radius 1 is 1.42 bits per heavy atom. The van der Waals surface area contributed by atoms with Crippen molar-refractivity contribution in [2.45, 2.75) is 37.6 Å². The number of hydrogen-bond donors (Lipinski definition) is 2. The van der Waals surface area contributed by atoms with Crippen LogP contribution in [0.25, 0.3) is 0 Å². The SMILES string of the molecule is CCC(CC)NS(=O)(=O)c1ccc(C(N)=S)cc1Cl. The Bertz CT molecular complexity index is 569. The van der Waals surface area contributed by atoms with Crippen molar-refractivity contribution in [3.63, 3.8) is 0 Å². The van der Waals surface area contributed by atoms with Gasteiger partial charge in [-0.3, -0.25) is 0 Å². The Hall–Kier alpha value is -0.690. The van der Waals surface area contributed by atoms with Crippen LogP contribution in [0.1, 0.15) is 32.3 Å². The van der Waals surface area contributed by atoms with E-state index in [4.69, 9.17) is 29.6 Å². The van der Waals surface area contributed by atoms with Gasteiger partial charge in [0.25, 0.3) is 0 Å². The van der Waals surface area contributed by atoms with Crippen LogP contribution in [0.15, 0.2) is 23.1 Å². The first-order chi connectivity index (χ1) is 8.81. The third kappa shape index (κ3) is 4.14. The van der Waals surface area contributed by atoms with Gasteiger partial charge in [0, 0.05) is 11.6 Å². The fourth-order valence-electron chi connectivity index (χ4n) is 1.61. The number of halogens is 1. The number of hydrogen-bond acceptors (Lipinski definition) is 3. The maximum absolute atomic E-state index is 12.2. The van der Waals surface area contributed by atoms with Gasteiger partial charge in [-0.2, -0.15) is 0 Å². The monoisotopic (exact) mass is 320 g/mol.